The molecular formula is C13H11BrClNO. The van der Waals surface area contributed by atoms with Crippen molar-refractivity contribution in [3.63, 3.8) is 0 Å². The van der Waals surface area contributed by atoms with Gasteiger partial charge in [0.2, 0.25) is 0 Å². The summed E-state index contributed by atoms with van der Waals surface area (Å²) in [5.41, 5.74) is 7.47. The summed E-state index contributed by atoms with van der Waals surface area (Å²) in [5.74, 6) is 0.761. The lowest BCUT2D eigenvalue weighted by Crippen LogP contribution is -1.97. The van der Waals surface area contributed by atoms with Gasteiger partial charge in [-0.15, -0.1) is 0 Å². The zero-order valence-electron chi connectivity index (χ0n) is 8.99. The smallest absolute Gasteiger partial charge is 0.134 e. The van der Waals surface area contributed by atoms with Crippen molar-refractivity contribution in [3.05, 3.63) is 57.5 Å². The second-order valence-electron chi connectivity index (χ2n) is 3.61. The Morgan fingerprint density at radius 3 is 2.71 bits per heavy atom. The molecule has 2 aromatic carbocycles. The van der Waals surface area contributed by atoms with E-state index in [0.717, 1.165) is 21.5 Å². The van der Waals surface area contributed by atoms with Gasteiger partial charge in [0.05, 0.1) is 4.47 Å². The van der Waals surface area contributed by atoms with Crippen LogP contribution in [0.5, 0.6) is 5.75 Å². The molecule has 4 heteroatoms. The zero-order chi connectivity index (χ0) is 12.3. The van der Waals surface area contributed by atoms with E-state index in [-0.39, 0.29) is 0 Å². The van der Waals surface area contributed by atoms with Crippen molar-refractivity contribution in [2.75, 3.05) is 5.73 Å². The zero-order valence-corrected chi connectivity index (χ0v) is 11.3. The Bertz CT molecular complexity index is 531. The molecule has 2 aromatic rings. The Morgan fingerprint density at radius 1 is 1.18 bits per heavy atom. The van der Waals surface area contributed by atoms with Crippen molar-refractivity contribution in [1.82, 2.24) is 0 Å². The van der Waals surface area contributed by atoms with Crippen LogP contribution >= 0.6 is 27.5 Å². The van der Waals surface area contributed by atoms with Crippen LogP contribution in [0.25, 0.3) is 0 Å². The fraction of sp³-hybridized carbons (Fsp3) is 0.0769. The predicted octanol–water partition coefficient (Wildman–Crippen LogP) is 4.26. The van der Waals surface area contributed by atoms with Crippen molar-refractivity contribution < 1.29 is 4.74 Å². The van der Waals surface area contributed by atoms with Crippen molar-refractivity contribution in [2.45, 2.75) is 6.61 Å². The van der Waals surface area contributed by atoms with E-state index in [9.17, 15) is 0 Å². The number of hydrogen-bond donors (Lipinski definition) is 1. The summed E-state index contributed by atoms with van der Waals surface area (Å²) < 4.78 is 6.51. The molecule has 0 saturated carbocycles. The summed E-state index contributed by atoms with van der Waals surface area (Å²) in [6, 6.07) is 13.0. The fourth-order valence-electron chi connectivity index (χ4n) is 1.44. The Morgan fingerprint density at radius 2 is 2.00 bits per heavy atom. The van der Waals surface area contributed by atoms with Crippen LogP contribution in [0.15, 0.2) is 46.9 Å². The fourth-order valence-corrected chi connectivity index (χ4v) is 2.23. The highest BCUT2D eigenvalue weighted by atomic mass is 79.9. The number of hydrogen-bond acceptors (Lipinski definition) is 2. The largest absolute Gasteiger partial charge is 0.488 e. The molecule has 0 amide bonds. The Balaban J connectivity index is 2.07. The van der Waals surface area contributed by atoms with Gasteiger partial charge in [-0.2, -0.15) is 0 Å². The Kier molecular flexibility index (Phi) is 3.92. The molecule has 0 bridgehead atoms. The number of nitrogen functional groups attached to an aromatic ring is 1. The van der Waals surface area contributed by atoms with Gasteiger partial charge < -0.3 is 10.5 Å². The van der Waals surface area contributed by atoms with Gasteiger partial charge in [-0.1, -0.05) is 23.7 Å². The highest BCUT2D eigenvalue weighted by Gasteiger charge is 2.02. The molecule has 0 saturated heterocycles. The molecule has 0 aliphatic rings. The topological polar surface area (TPSA) is 35.2 Å². The van der Waals surface area contributed by atoms with Crippen LogP contribution in [0.4, 0.5) is 5.69 Å². The molecule has 88 valence electrons. The second-order valence-corrected chi connectivity index (χ2v) is 4.90. The van der Waals surface area contributed by atoms with Gasteiger partial charge >= 0.3 is 0 Å². The number of benzene rings is 2. The maximum atomic E-state index is 5.85. The first kappa shape index (κ1) is 12.3. The second kappa shape index (κ2) is 5.43. The lowest BCUT2D eigenvalue weighted by atomic mass is 10.2. The van der Waals surface area contributed by atoms with Crippen LogP contribution in [-0.2, 0) is 6.61 Å². The van der Waals surface area contributed by atoms with Crippen LogP contribution in [-0.4, -0.2) is 0 Å². The predicted molar refractivity (Wildman–Crippen MR) is 74.3 cm³/mol. The van der Waals surface area contributed by atoms with E-state index < -0.39 is 0 Å². The first-order valence-electron chi connectivity index (χ1n) is 5.07. The first-order valence-corrected chi connectivity index (χ1v) is 6.24. The molecule has 2 rings (SSSR count). The molecule has 17 heavy (non-hydrogen) atoms. The molecule has 0 unspecified atom stereocenters. The molecule has 0 fully saturated rings. The maximum absolute atomic E-state index is 5.85. The molecule has 2 nitrogen and oxygen atoms in total. The van der Waals surface area contributed by atoms with Crippen LogP contribution in [0.3, 0.4) is 0 Å². The Hall–Kier alpha value is -1.19. The first-order chi connectivity index (χ1) is 8.15. The van der Waals surface area contributed by atoms with E-state index in [1.54, 1.807) is 12.1 Å². The number of ether oxygens (including phenoxy) is 1. The quantitative estimate of drug-likeness (QED) is 0.859. The lowest BCUT2D eigenvalue weighted by molar-refractivity contribution is 0.304. The summed E-state index contributed by atoms with van der Waals surface area (Å²) in [6.07, 6.45) is 0. The number of nitrogens with two attached hydrogens (primary N) is 1. The van der Waals surface area contributed by atoms with Gasteiger partial charge in [-0.05, 0) is 51.8 Å². The van der Waals surface area contributed by atoms with Crippen LogP contribution < -0.4 is 10.5 Å². The third kappa shape index (κ3) is 3.38. The standard InChI is InChI=1S/C13H11BrClNO/c14-12-7-10(15)4-5-13(12)17-8-9-2-1-3-11(16)6-9/h1-7H,8,16H2. The van der Waals surface area contributed by atoms with E-state index in [1.165, 1.54) is 0 Å². The molecular weight excluding hydrogens is 302 g/mol. The minimum atomic E-state index is 0.477. The van der Waals surface area contributed by atoms with Gasteiger partial charge in [0.1, 0.15) is 12.4 Å². The minimum Gasteiger partial charge on any atom is -0.488 e. The van der Waals surface area contributed by atoms with Crippen molar-refractivity contribution in [1.29, 1.82) is 0 Å². The number of halogens is 2. The highest BCUT2D eigenvalue weighted by molar-refractivity contribution is 9.10. The SMILES string of the molecule is Nc1cccc(COc2ccc(Cl)cc2Br)c1. The number of rotatable bonds is 3. The summed E-state index contributed by atoms with van der Waals surface area (Å²) >= 11 is 9.25. The molecule has 2 N–H and O–H groups in total. The van der Waals surface area contributed by atoms with Crippen molar-refractivity contribution in [2.24, 2.45) is 0 Å². The summed E-state index contributed by atoms with van der Waals surface area (Å²) in [5, 5.41) is 0.674. The van der Waals surface area contributed by atoms with Crippen LogP contribution in [0.2, 0.25) is 5.02 Å². The summed E-state index contributed by atoms with van der Waals surface area (Å²) in [7, 11) is 0. The van der Waals surface area contributed by atoms with Gasteiger partial charge in [-0.3, -0.25) is 0 Å². The van der Waals surface area contributed by atoms with E-state index in [4.69, 9.17) is 22.1 Å². The summed E-state index contributed by atoms with van der Waals surface area (Å²) in [4.78, 5) is 0. The van der Waals surface area contributed by atoms with Gasteiger partial charge in [-0.25, -0.2) is 0 Å². The van der Waals surface area contributed by atoms with Gasteiger partial charge in [0.25, 0.3) is 0 Å². The van der Waals surface area contributed by atoms with E-state index in [0.29, 0.717) is 11.6 Å². The minimum absolute atomic E-state index is 0.477. The van der Waals surface area contributed by atoms with Crippen LogP contribution in [0, 0.1) is 0 Å². The normalized spacial score (nSPS) is 10.2. The molecule has 0 radical (unpaired) electrons. The number of anilines is 1. The lowest BCUT2D eigenvalue weighted by Gasteiger charge is -2.08. The molecule has 0 aliphatic heterocycles. The highest BCUT2D eigenvalue weighted by Crippen LogP contribution is 2.28. The van der Waals surface area contributed by atoms with E-state index in [2.05, 4.69) is 15.9 Å². The summed E-state index contributed by atoms with van der Waals surface area (Å²) in [6.45, 7) is 0.477. The molecule has 0 spiro atoms. The van der Waals surface area contributed by atoms with Gasteiger partial charge in [0, 0.05) is 10.7 Å². The Labute approximate surface area is 113 Å². The van der Waals surface area contributed by atoms with Crippen molar-refractivity contribution in [3.8, 4) is 5.75 Å². The maximum Gasteiger partial charge on any atom is 0.134 e. The molecule has 0 atom stereocenters. The molecule has 0 aliphatic carbocycles. The van der Waals surface area contributed by atoms with Gasteiger partial charge in [0.15, 0.2) is 0 Å². The third-order valence-electron chi connectivity index (χ3n) is 2.24. The van der Waals surface area contributed by atoms with E-state index in [1.807, 2.05) is 30.3 Å². The average Bonchev–Trinajstić information content (AvgIpc) is 2.28. The van der Waals surface area contributed by atoms with Crippen molar-refractivity contribution >= 4 is 33.2 Å². The third-order valence-corrected chi connectivity index (χ3v) is 3.09. The monoisotopic (exact) mass is 311 g/mol. The molecule has 0 aromatic heterocycles. The van der Waals surface area contributed by atoms with Crippen LogP contribution in [0.1, 0.15) is 5.56 Å². The molecule has 0 heterocycles. The average molecular weight is 313 g/mol. The van der Waals surface area contributed by atoms with E-state index >= 15 is 0 Å².